The Balaban J connectivity index is 1.80. The molecule has 0 saturated heterocycles. The summed E-state index contributed by atoms with van der Waals surface area (Å²) in [6.45, 7) is 2.82. The van der Waals surface area contributed by atoms with E-state index in [0.717, 1.165) is 37.1 Å². The third-order valence-electron chi connectivity index (χ3n) is 4.30. The quantitative estimate of drug-likeness (QED) is 0.799. The van der Waals surface area contributed by atoms with Gasteiger partial charge in [-0.1, -0.05) is 18.2 Å². The fourth-order valence-corrected chi connectivity index (χ4v) is 2.83. The number of hydrogen-bond acceptors (Lipinski definition) is 3. The molecular formula is C18H23N3O2. The number of benzene rings is 1. The first-order chi connectivity index (χ1) is 11.2. The number of hydrogen-bond donors (Lipinski definition) is 1. The Morgan fingerprint density at radius 3 is 2.70 bits per heavy atom. The second kappa shape index (κ2) is 6.96. The average Bonchev–Trinajstić information content (AvgIpc) is 3.34. The Morgan fingerprint density at radius 2 is 2.04 bits per heavy atom. The molecule has 1 aliphatic carbocycles. The van der Waals surface area contributed by atoms with E-state index in [1.165, 1.54) is 0 Å². The molecule has 1 heterocycles. The molecule has 0 aliphatic heterocycles. The summed E-state index contributed by atoms with van der Waals surface area (Å²) >= 11 is 0. The summed E-state index contributed by atoms with van der Waals surface area (Å²) in [5.41, 5.74) is 2.50. The first kappa shape index (κ1) is 15.7. The second-order valence-corrected chi connectivity index (χ2v) is 6.05. The van der Waals surface area contributed by atoms with Crippen LogP contribution in [0.25, 0.3) is 5.69 Å². The lowest BCUT2D eigenvalue weighted by Gasteiger charge is -2.22. The van der Waals surface area contributed by atoms with Gasteiger partial charge in [-0.15, -0.1) is 0 Å². The molecule has 5 nitrogen and oxygen atoms in total. The fourth-order valence-electron chi connectivity index (χ4n) is 2.83. The number of rotatable bonds is 7. The molecule has 0 spiro atoms. The zero-order valence-electron chi connectivity index (χ0n) is 13.5. The van der Waals surface area contributed by atoms with Crippen LogP contribution in [0.15, 0.2) is 36.5 Å². The molecule has 23 heavy (non-hydrogen) atoms. The Kier molecular flexibility index (Phi) is 4.76. The maximum absolute atomic E-state index is 12.9. The van der Waals surface area contributed by atoms with Crippen LogP contribution in [0.2, 0.25) is 0 Å². The maximum atomic E-state index is 12.9. The molecule has 1 aromatic heterocycles. The monoisotopic (exact) mass is 313 g/mol. The Morgan fingerprint density at radius 1 is 1.30 bits per heavy atom. The van der Waals surface area contributed by atoms with E-state index in [4.69, 9.17) is 5.11 Å². The number of nitrogens with zero attached hydrogens (tertiary/aromatic N) is 3. The molecule has 1 N–H and O–H groups in total. The Labute approximate surface area is 136 Å². The first-order valence-corrected chi connectivity index (χ1v) is 8.24. The number of para-hydroxylation sites is 1. The second-order valence-electron chi connectivity index (χ2n) is 6.05. The maximum Gasteiger partial charge on any atom is 0.257 e. The van der Waals surface area contributed by atoms with Gasteiger partial charge in [0.25, 0.3) is 5.91 Å². The highest BCUT2D eigenvalue weighted by Crippen LogP contribution is 2.29. The van der Waals surface area contributed by atoms with E-state index in [1.54, 1.807) is 6.20 Å². The zero-order valence-corrected chi connectivity index (χ0v) is 13.5. The van der Waals surface area contributed by atoms with Gasteiger partial charge in [0.1, 0.15) is 0 Å². The molecule has 1 aliphatic rings. The van der Waals surface area contributed by atoms with E-state index >= 15 is 0 Å². The minimum Gasteiger partial charge on any atom is -0.396 e. The zero-order chi connectivity index (χ0) is 16.2. The summed E-state index contributed by atoms with van der Waals surface area (Å²) in [6, 6.07) is 10.2. The number of unbranched alkanes of at least 4 members (excludes halogenated alkanes) is 1. The van der Waals surface area contributed by atoms with Gasteiger partial charge in [-0.25, -0.2) is 4.68 Å². The Hall–Kier alpha value is -2.14. The van der Waals surface area contributed by atoms with Crippen LogP contribution in [0.3, 0.4) is 0 Å². The minimum absolute atomic E-state index is 0.0603. The number of aliphatic hydroxyl groups is 1. The SMILES string of the molecule is Cc1c(C(=O)N(CCCCO)C2CC2)cnn1-c1ccccc1. The summed E-state index contributed by atoms with van der Waals surface area (Å²) in [5.74, 6) is 0.0603. The molecule has 0 unspecified atom stereocenters. The van der Waals surface area contributed by atoms with Crippen LogP contribution in [0.4, 0.5) is 0 Å². The third-order valence-corrected chi connectivity index (χ3v) is 4.30. The number of aliphatic hydroxyl groups excluding tert-OH is 1. The van der Waals surface area contributed by atoms with Crippen molar-refractivity contribution in [3.05, 3.63) is 47.8 Å². The van der Waals surface area contributed by atoms with Crippen LogP contribution >= 0.6 is 0 Å². The molecular weight excluding hydrogens is 290 g/mol. The average molecular weight is 313 g/mol. The number of carbonyl (C=O) groups is 1. The summed E-state index contributed by atoms with van der Waals surface area (Å²) in [6.07, 6.45) is 5.41. The van der Waals surface area contributed by atoms with Crippen molar-refractivity contribution in [2.24, 2.45) is 0 Å². The number of carbonyl (C=O) groups excluding carboxylic acids is 1. The van der Waals surface area contributed by atoms with Crippen molar-refractivity contribution in [2.75, 3.05) is 13.2 Å². The van der Waals surface area contributed by atoms with Crippen molar-refractivity contribution >= 4 is 5.91 Å². The van der Waals surface area contributed by atoms with Crippen LogP contribution in [-0.4, -0.2) is 44.9 Å². The number of amides is 1. The molecule has 1 aromatic carbocycles. The van der Waals surface area contributed by atoms with Crippen molar-refractivity contribution < 1.29 is 9.90 Å². The van der Waals surface area contributed by atoms with Gasteiger partial charge < -0.3 is 10.0 Å². The highest BCUT2D eigenvalue weighted by Gasteiger charge is 2.33. The summed E-state index contributed by atoms with van der Waals surface area (Å²) < 4.78 is 1.81. The van der Waals surface area contributed by atoms with Gasteiger partial charge in [-0.3, -0.25) is 4.79 Å². The molecule has 5 heteroatoms. The molecule has 122 valence electrons. The van der Waals surface area contributed by atoms with Gasteiger partial charge >= 0.3 is 0 Å². The molecule has 1 amide bonds. The smallest absolute Gasteiger partial charge is 0.257 e. The molecule has 1 saturated carbocycles. The van der Waals surface area contributed by atoms with E-state index in [9.17, 15) is 4.79 Å². The van der Waals surface area contributed by atoms with Crippen LogP contribution in [-0.2, 0) is 0 Å². The van der Waals surface area contributed by atoms with Crippen molar-refractivity contribution in [1.29, 1.82) is 0 Å². The lowest BCUT2D eigenvalue weighted by atomic mass is 10.2. The molecule has 3 rings (SSSR count). The van der Waals surface area contributed by atoms with Gasteiger partial charge in [0, 0.05) is 19.2 Å². The summed E-state index contributed by atoms with van der Waals surface area (Å²) in [5, 5.41) is 13.3. The van der Waals surface area contributed by atoms with Crippen molar-refractivity contribution in [3.63, 3.8) is 0 Å². The molecule has 1 fully saturated rings. The van der Waals surface area contributed by atoms with E-state index in [0.29, 0.717) is 18.2 Å². The molecule has 2 aromatic rings. The van der Waals surface area contributed by atoms with Gasteiger partial charge in [0.05, 0.1) is 23.1 Å². The van der Waals surface area contributed by atoms with Crippen molar-refractivity contribution in [3.8, 4) is 5.69 Å². The van der Waals surface area contributed by atoms with E-state index in [1.807, 2.05) is 46.8 Å². The summed E-state index contributed by atoms with van der Waals surface area (Å²) in [7, 11) is 0. The first-order valence-electron chi connectivity index (χ1n) is 8.24. The van der Waals surface area contributed by atoms with E-state index < -0.39 is 0 Å². The highest BCUT2D eigenvalue weighted by atomic mass is 16.3. The predicted molar refractivity (Wildman–Crippen MR) is 88.7 cm³/mol. The summed E-state index contributed by atoms with van der Waals surface area (Å²) in [4.78, 5) is 14.8. The van der Waals surface area contributed by atoms with Crippen molar-refractivity contribution in [1.82, 2.24) is 14.7 Å². The topological polar surface area (TPSA) is 58.4 Å². The van der Waals surface area contributed by atoms with Crippen LogP contribution in [0.5, 0.6) is 0 Å². The van der Waals surface area contributed by atoms with Gasteiger partial charge in [-0.2, -0.15) is 5.10 Å². The number of aromatic nitrogens is 2. The standard InChI is InChI=1S/C18H23N3O2/c1-14-17(13-19-21(14)16-7-3-2-4-8-16)18(23)20(15-9-10-15)11-5-6-12-22/h2-4,7-8,13,15,22H,5-6,9-12H2,1H3. The van der Waals surface area contributed by atoms with Gasteiger partial charge in [0.2, 0.25) is 0 Å². The van der Waals surface area contributed by atoms with E-state index in [2.05, 4.69) is 5.10 Å². The highest BCUT2D eigenvalue weighted by molar-refractivity contribution is 5.95. The molecule has 0 bridgehead atoms. The molecule has 0 radical (unpaired) electrons. The fraction of sp³-hybridized carbons (Fsp3) is 0.444. The van der Waals surface area contributed by atoms with E-state index in [-0.39, 0.29) is 12.5 Å². The lowest BCUT2D eigenvalue weighted by molar-refractivity contribution is 0.0736. The predicted octanol–water partition coefficient (Wildman–Crippen LogP) is 2.56. The van der Waals surface area contributed by atoms with Gasteiger partial charge in [-0.05, 0) is 44.7 Å². The normalized spacial score (nSPS) is 14.0. The van der Waals surface area contributed by atoms with Gasteiger partial charge in [0.15, 0.2) is 0 Å². The third kappa shape index (κ3) is 3.45. The largest absolute Gasteiger partial charge is 0.396 e. The van der Waals surface area contributed by atoms with Crippen LogP contribution in [0, 0.1) is 6.92 Å². The minimum atomic E-state index is 0.0603. The van der Waals surface area contributed by atoms with Crippen molar-refractivity contribution in [2.45, 2.75) is 38.6 Å². The Bertz CT molecular complexity index is 662. The van der Waals surface area contributed by atoms with Crippen LogP contribution in [0.1, 0.15) is 41.7 Å². The lowest BCUT2D eigenvalue weighted by Crippen LogP contribution is -2.34. The van der Waals surface area contributed by atoms with Crippen LogP contribution < -0.4 is 0 Å². The molecule has 0 atom stereocenters.